The molecule has 1 aliphatic rings. The van der Waals surface area contributed by atoms with E-state index in [-0.39, 0.29) is 0 Å². The molecule has 1 aliphatic carbocycles. The van der Waals surface area contributed by atoms with Crippen LogP contribution in [0.25, 0.3) is 0 Å². The Kier molecular flexibility index (Phi) is 3.39. The van der Waals surface area contributed by atoms with Crippen LogP contribution in [0.15, 0.2) is 5.38 Å². The molecule has 90 valence electrons. The first-order chi connectivity index (χ1) is 7.48. The summed E-state index contributed by atoms with van der Waals surface area (Å²) in [5.41, 5.74) is 1.85. The maximum Gasteiger partial charge on any atom is 0.0959 e. The Hall–Kier alpha value is -0.370. The zero-order valence-electron chi connectivity index (χ0n) is 10.9. The summed E-state index contributed by atoms with van der Waals surface area (Å²) >= 11 is 1.87. The van der Waals surface area contributed by atoms with Crippen molar-refractivity contribution in [1.29, 1.82) is 0 Å². The average molecular weight is 237 g/mol. The molecule has 0 N–H and O–H groups in total. The highest BCUT2D eigenvalue weighted by Gasteiger charge is 2.29. The molecule has 1 aromatic heterocycles. The Balaban J connectivity index is 2.03. The first kappa shape index (κ1) is 12.1. The van der Waals surface area contributed by atoms with Gasteiger partial charge in [-0.1, -0.05) is 27.7 Å². The lowest BCUT2D eigenvalue weighted by Gasteiger charge is -2.33. The summed E-state index contributed by atoms with van der Waals surface area (Å²) in [5.74, 6) is 1.32. The smallest absolute Gasteiger partial charge is 0.0959 e. The molecule has 16 heavy (non-hydrogen) atoms. The summed E-state index contributed by atoms with van der Waals surface area (Å²) in [7, 11) is 0. The average Bonchev–Trinajstić information content (AvgIpc) is 2.66. The molecule has 2 rings (SSSR count). The molecule has 0 saturated heterocycles. The summed E-state index contributed by atoms with van der Waals surface area (Å²) in [6, 6.07) is 0. The van der Waals surface area contributed by atoms with Gasteiger partial charge in [0.15, 0.2) is 0 Å². The van der Waals surface area contributed by atoms with E-state index in [0.717, 1.165) is 5.92 Å². The van der Waals surface area contributed by atoms with Crippen LogP contribution in [0.5, 0.6) is 0 Å². The summed E-state index contributed by atoms with van der Waals surface area (Å²) in [6.07, 6.45) is 5.37. The van der Waals surface area contributed by atoms with Gasteiger partial charge in [0.25, 0.3) is 0 Å². The lowest BCUT2D eigenvalue weighted by molar-refractivity contribution is 0.224. The Bertz CT molecular complexity index is 341. The third kappa shape index (κ3) is 2.65. The van der Waals surface area contributed by atoms with Gasteiger partial charge in [-0.05, 0) is 37.0 Å². The van der Waals surface area contributed by atoms with E-state index < -0.39 is 0 Å². The van der Waals surface area contributed by atoms with Gasteiger partial charge in [0.05, 0.1) is 10.7 Å². The number of thiazole rings is 1. The second kappa shape index (κ2) is 4.48. The standard InChI is InChI=1S/C14H23NS/c1-10(2)12-9-16-13(15-12)11-5-7-14(3,4)8-6-11/h9-11H,5-8H2,1-4H3. The second-order valence-corrected chi connectivity index (χ2v) is 7.09. The van der Waals surface area contributed by atoms with Gasteiger partial charge in [0, 0.05) is 11.3 Å². The second-order valence-electron chi connectivity index (χ2n) is 6.20. The molecule has 1 fully saturated rings. The Morgan fingerprint density at radius 3 is 2.44 bits per heavy atom. The maximum absolute atomic E-state index is 4.80. The van der Waals surface area contributed by atoms with Gasteiger partial charge in [-0.15, -0.1) is 11.3 Å². The Morgan fingerprint density at radius 1 is 1.31 bits per heavy atom. The molecular formula is C14H23NS. The van der Waals surface area contributed by atoms with E-state index in [0.29, 0.717) is 11.3 Å². The molecule has 0 amide bonds. The normalized spacial score (nSPS) is 21.6. The first-order valence-electron chi connectivity index (χ1n) is 6.43. The van der Waals surface area contributed by atoms with Crippen LogP contribution in [-0.4, -0.2) is 4.98 Å². The minimum absolute atomic E-state index is 0.564. The molecule has 0 unspecified atom stereocenters. The molecule has 0 aliphatic heterocycles. The van der Waals surface area contributed by atoms with Crippen LogP contribution in [-0.2, 0) is 0 Å². The molecule has 1 saturated carbocycles. The fourth-order valence-electron chi connectivity index (χ4n) is 2.40. The van der Waals surface area contributed by atoms with Crippen LogP contribution in [0.3, 0.4) is 0 Å². The molecular weight excluding hydrogens is 214 g/mol. The van der Waals surface area contributed by atoms with E-state index in [4.69, 9.17) is 4.98 Å². The maximum atomic E-state index is 4.80. The van der Waals surface area contributed by atoms with Gasteiger partial charge in [-0.2, -0.15) is 0 Å². The minimum Gasteiger partial charge on any atom is -0.246 e. The molecule has 0 spiro atoms. The van der Waals surface area contributed by atoms with Gasteiger partial charge in [-0.3, -0.25) is 0 Å². The van der Waals surface area contributed by atoms with Gasteiger partial charge in [0.2, 0.25) is 0 Å². The molecule has 1 heterocycles. The van der Waals surface area contributed by atoms with E-state index in [1.165, 1.54) is 36.4 Å². The number of aromatic nitrogens is 1. The van der Waals surface area contributed by atoms with E-state index in [2.05, 4.69) is 33.1 Å². The number of rotatable bonds is 2. The quantitative estimate of drug-likeness (QED) is 0.709. The molecule has 0 aromatic carbocycles. The van der Waals surface area contributed by atoms with Crippen LogP contribution in [0.2, 0.25) is 0 Å². The monoisotopic (exact) mass is 237 g/mol. The topological polar surface area (TPSA) is 12.9 Å². The minimum atomic E-state index is 0.564. The van der Waals surface area contributed by atoms with Crippen LogP contribution in [0.1, 0.15) is 75.9 Å². The van der Waals surface area contributed by atoms with Crippen molar-refractivity contribution >= 4 is 11.3 Å². The van der Waals surface area contributed by atoms with Crippen molar-refractivity contribution < 1.29 is 0 Å². The van der Waals surface area contributed by atoms with Crippen molar-refractivity contribution in [3.05, 3.63) is 16.1 Å². The van der Waals surface area contributed by atoms with Crippen molar-refractivity contribution in [2.24, 2.45) is 5.41 Å². The molecule has 0 bridgehead atoms. The van der Waals surface area contributed by atoms with Crippen LogP contribution in [0, 0.1) is 5.41 Å². The summed E-state index contributed by atoms with van der Waals surface area (Å²) < 4.78 is 0. The zero-order valence-corrected chi connectivity index (χ0v) is 11.7. The van der Waals surface area contributed by atoms with E-state index >= 15 is 0 Å². The summed E-state index contributed by atoms with van der Waals surface area (Å²) in [4.78, 5) is 4.80. The highest BCUT2D eigenvalue weighted by Crippen LogP contribution is 2.43. The van der Waals surface area contributed by atoms with Crippen LogP contribution >= 0.6 is 11.3 Å². The number of hydrogen-bond donors (Lipinski definition) is 0. The highest BCUT2D eigenvalue weighted by atomic mass is 32.1. The predicted octanol–water partition coefficient (Wildman–Crippen LogP) is 4.95. The fourth-order valence-corrected chi connectivity index (χ4v) is 3.55. The summed E-state index contributed by atoms with van der Waals surface area (Å²) in [5, 5.41) is 3.64. The molecule has 1 aromatic rings. The largest absolute Gasteiger partial charge is 0.246 e. The predicted molar refractivity (Wildman–Crippen MR) is 71.2 cm³/mol. The third-order valence-corrected chi connectivity index (χ3v) is 4.85. The first-order valence-corrected chi connectivity index (χ1v) is 7.31. The summed E-state index contributed by atoms with van der Waals surface area (Å²) in [6.45, 7) is 9.24. The number of hydrogen-bond acceptors (Lipinski definition) is 2. The van der Waals surface area contributed by atoms with Crippen LogP contribution < -0.4 is 0 Å². The zero-order chi connectivity index (χ0) is 11.8. The van der Waals surface area contributed by atoms with Gasteiger partial charge >= 0.3 is 0 Å². The van der Waals surface area contributed by atoms with E-state index in [1.807, 2.05) is 11.3 Å². The third-order valence-electron chi connectivity index (χ3n) is 3.82. The van der Waals surface area contributed by atoms with Crippen molar-refractivity contribution in [3.8, 4) is 0 Å². The lowest BCUT2D eigenvalue weighted by atomic mass is 9.73. The SMILES string of the molecule is CC(C)c1csc(C2CCC(C)(C)CC2)n1. The highest BCUT2D eigenvalue weighted by molar-refractivity contribution is 7.09. The van der Waals surface area contributed by atoms with Crippen molar-refractivity contribution in [2.75, 3.05) is 0 Å². The van der Waals surface area contributed by atoms with Crippen molar-refractivity contribution in [1.82, 2.24) is 4.98 Å². The van der Waals surface area contributed by atoms with Crippen molar-refractivity contribution in [2.45, 2.75) is 65.2 Å². The van der Waals surface area contributed by atoms with Crippen LogP contribution in [0.4, 0.5) is 0 Å². The molecule has 2 heteroatoms. The van der Waals surface area contributed by atoms with Gasteiger partial charge in [-0.25, -0.2) is 4.98 Å². The molecule has 1 nitrogen and oxygen atoms in total. The van der Waals surface area contributed by atoms with Crippen molar-refractivity contribution in [3.63, 3.8) is 0 Å². The molecule has 0 atom stereocenters. The fraction of sp³-hybridized carbons (Fsp3) is 0.786. The lowest BCUT2D eigenvalue weighted by Crippen LogP contribution is -2.20. The van der Waals surface area contributed by atoms with Gasteiger partial charge in [0.1, 0.15) is 0 Å². The molecule has 0 radical (unpaired) electrons. The Labute approximate surface area is 103 Å². The van der Waals surface area contributed by atoms with Gasteiger partial charge < -0.3 is 0 Å². The number of nitrogens with zero attached hydrogens (tertiary/aromatic N) is 1. The Morgan fingerprint density at radius 2 is 1.94 bits per heavy atom. The van der Waals surface area contributed by atoms with E-state index in [1.54, 1.807) is 0 Å². The van der Waals surface area contributed by atoms with E-state index in [9.17, 15) is 0 Å².